The van der Waals surface area contributed by atoms with E-state index in [0.717, 1.165) is 6.42 Å². The van der Waals surface area contributed by atoms with Gasteiger partial charge in [0.2, 0.25) is 0 Å². The summed E-state index contributed by atoms with van der Waals surface area (Å²) >= 11 is 0. The Balaban J connectivity index is 2.69. The Kier molecular flexibility index (Phi) is 4.79. The van der Waals surface area contributed by atoms with Gasteiger partial charge in [-0.1, -0.05) is 44.6 Å². The molecular weight excluding hydrogens is 196 g/mol. The molecule has 1 rings (SSSR count). The van der Waals surface area contributed by atoms with Gasteiger partial charge in [0.1, 0.15) is 0 Å². The summed E-state index contributed by atoms with van der Waals surface area (Å²) in [5.41, 5.74) is 1.89. The molecule has 0 heterocycles. The molecule has 1 aliphatic carbocycles. The van der Waals surface area contributed by atoms with E-state index in [1.807, 2.05) is 0 Å². The van der Waals surface area contributed by atoms with Crippen molar-refractivity contribution in [2.45, 2.75) is 47.0 Å². The van der Waals surface area contributed by atoms with Gasteiger partial charge in [-0.2, -0.15) is 0 Å². The highest BCUT2D eigenvalue weighted by atomic mass is 16.2. The molecule has 0 saturated heterocycles. The van der Waals surface area contributed by atoms with E-state index in [9.17, 15) is 0 Å². The van der Waals surface area contributed by atoms with Crippen molar-refractivity contribution in [2.24, 2.45) is 17.3 Å². The third-order valence-corrected chi connectivity index (χ3v) is 3.80. The molecule has 0 amide bonds. The Bertz CT molecular complexity index is 273. The van der Waals surface area contributed by atoms with Crippen LogP contribution in [0.15, 0.2) is 23.8 Å². The van der Waals surface area contributed by atoms with E-state index >= 15 is 0 Å². The number of hydrogen-bond acceptors (Lipinski definition) is 1. The Morgan fingerprint density at radius 3 is 2.81 bits per heavy atom. The van der Waals surface area contributed by atoms with Crippen LogP contribution < -0.4 is 0 Å². The second-order valence-corrected chi connectivity index (χ2v) is 5.83. The number of allylic oxidation sites excluding steroid dienone is 4. The van der Waals surface area contributed by atoms with Crippen LogP contribution in [0.2, 0.25) is 0 Å². The van der Waals surface area contributed by atoms with Crippen LogP contribution in [0.1, 0.15) is 47.0 Å². The summed E-state index contributed by atoms with van der Waals surface area (Å²) in [5, 5.41) is 8.88. The monoisotopic (exact) mass is 222 g/mol. The standard InChI is InChI=1S/C15H26O/c1-12(9-11-16)7-8-14-13(2)6-5-10-15(14,3)4/h6-8,12,14,16H,5,9-11H2,1-4H3/t12-,14-/m0/s1. The predicted molar refractivity (Wildman–Crippen MR) is 70.3 cm³/mol. The van der Waals surface area contributed by atoms with Crippen LogP contribution in [-0.4, -0.2) is 11.7 Å². The topological polar surface area (TPSA) is 20.2 Å². The maximum atomic E-state index is 8.88. The molecule has 0 spiro atoms. The molecule has 2 atom stereocenters. The van der Waals surface area contributed by atoms with Crippen LogP contribution in [0.3, 0.4) is 0 Å². The highest BCUT2D eigenvalue weighted by Crippen LogP contribution is 2.41. The zero-order valence-corrected chi connectivity index (χ0v) is 11.2. The Morgan fingerprint density at radius 2 is 2.25 bits per heavy atom. The third-order valence-electron chi connectivity index (χ3n) is 3.80. The molecule has 0 aromatic carbocycles. The predicted octanol–water partition coefficient (Wildman–Crippen LogP) is 3.94. The molecule has 0 radical (unpaired) electrons. The summed E-state index contributed by atoms with van der Waals surface area (Å²) in [7, 11) is 0. The summed E-state index contributed by atoms with van der Waals surface area (Å²) < 4.78 is 0. The summed E-state index contributed by atoms with van der Waals surface area (Å²) in [6.45, 7) is 9.41. The molecule has 0 aromatic rings. The molecule has 0 aromatic heterocycles. The van der Waals surface area contributed by atoms with Gasteiger partial charge in [0, 0.05) is 12.5 Å². The molecule has 0 bridgehead atoms. The SMILES string of the molecule is CC1=CCCC(C)(C)[C@H]1C=C[C@H](C)CCO. The van der Waals surface area contributed by atoms with Crippen LogP contribution in [0.5, 0.6) is 0 Å². The van der Waals surface area contributed by atoms with Crippen molar-refractivity contribution in [3.63, 3.8) is 0 Å². The first kappa shape index (κ1) is 13.5. The fourth-order valence-corrected chi connectivity index (χ4v) is 2.58. The minimum atomic E-state index is 0.286. The van der Waals surface area contributed by atoms with E-state index < -0.39 is 0 Å². The van der Waals surface area contributed by atoms with Crippen molar-refractivity contribution in [1.82, 2.24) is 0 Å². The number of aliphatic hydroxyl groups excluding tert-OH is 1. The zero-order chi connectivity index (χ0) is 12.2. The van der Waals surface area contributed by atoms with Crippen LogP contribution in [-0.2, 0) is 0 Å². The van der Waals surface area contributed by atoms with Crippen molar-refractivity contribution in [1.29, 1.82) is 0 Å². The molecule has 1 heteroatoms. The molecule has 0 aliphatic heterocycles. The third kappa shape index (κ3) is 3.48. The van der Waals surface area contributed by atoms with E-state index in [0.29, 0.717) is 17.3 Å². The summed E-state index contributed by atoms with van der Waals surface area (Å²) in [4.78, 5) is 0. The first-order valence-electron chi connectivity index (χ1n) is 6.43. The molecule has 1 N–H and O–H groups in total. The van der Waals surface area contributed by atoms with E-state index in [2.05, 4.69) is 45.9 Å². The minimum Gasteiger partial charge on any atom is -0.396 e. The van der Waals surface area contributed by atoms with Gasteiger partial charge in [-0.15, -0.1) is 0 Å². The molecule has 0 fully saturated rings. The lowest BCUT2D eigenvalue weighted by molar-refractivity contribution is 0.253. The van der Waals surface area contributed by atoms with E-state index in [-0.39, 0.29) is 6.61 Å². The van der Waals surface area contributed by atoms with Crippen molar-refractivity contribution in [3.8, 4) is 0 Å². The van der Waals surface area contributed by atoms with Gasteiger partial charge >= 0.3 is 0 Å². The minimum absolute atomic E-state index is 0.286. The molecule has 0 saturated carbocycles. The normalized spacial score (nSPS) is 26.8. The summed E-state index contributed by atoms with van der Waals surface area (Å²) in [6, 6.07) is 0. The first-order valence-corrected chi connectivity index (χ1v) is 6.43. The van der Waals surface area contributed by atoms with Crippen LogP contribution >= 0.6 is 0 Å². The van der Waals surface area contributed by atoms with E-state index in [4.69, 9.17) is 5.11 Å². The van der Waals surface area contributed by atoms with E-state index in [1.54, 1.807) is 0 Å². The fourth-order valence-electron chi connectivity index (χ4n) is 2.58. The highest BCUT2D eigenvalue weighted by molar-refractivity contribution is 5.18. The fraction of sp³-hybridized carbons (Fsp3) is 0.733. The van der Waals surface area contributed by atoms with E-state index in [1.165, 1.54) is 18.4 Å². The smallest absolute Gasteiger partial charge is 0.0436 e. The summed E-state index contributed by atoms with van der Waals surface area (Å²) in [6.07, 6.45) is 10.4. The molecule has 16 heavy (non-hydrogen) atoms. The van der Waals surface area contributed by atoms with Crippen molar-refractivity contribution in [2.75, 3.05) is 6.61 Å². The van der Waals surface area contributed by atoms with Gasteiger partial charge in [-0.25, -0.2) is 0 Å². The van der Waals surface area contributed by atoms with Crippen LogP contribution in [0.25, 0.3) is 0 Å². The van der Waals surface area contributed by atoms with Gasteiger partial charge in [-0.05, 0) is 37.5 Å². The number of aliphatic hydroxyl groups is 1. The van der Waals surface area contributed by atoms with Gasteiger partial charge < -0.3 is 5.11 Å². The lowest BCUT2D eigenvalue weighted by Gasteiger charge is -2.36. The second kappa shape index (κ2) is 5.67. The van der Waals surface area contributed by atoms with Gasteiger partial charge in [-0.3, -0.25) is 0 Å². The maximum Gasteiger partial charge on any atom is 0.0436 e. The Morgan fingerprint density at radius 1 is 1.56 bits per heavy atom. The molecule has 1 aliphatic rings. The largest absolute Gasteiger partial charge is 0.396 e. The average molecular weight is 222 g/mol. The van der Waals surface area contributed by atoms with Gasteiger partial charge in [0.05, 0.1) is 0 Å². The Hall–Kier alpha value is -0.560. The maximum absolute atomic E-state index is 8.88. The number of rotatable bonds is 4. The molecule has 0 unspecified atom stereocenters. The van der Waals surface area contributed by atoms with Crippen molar-refractivity contribution >= 4 is 0 Å². The van der Waals surface area contributed by atoms with Crippen LogP contribution in [0.4, 0.5) is 0 Å². The molecule has 92 valence electrons. The average Bonchev–Trinajstić information content (AvgIpc) is 2.16. The van der Waals surface area contributed by atoms with Crippen LogP contribution in [0, 0.1) is 17.3 Å². The van der Waals surface area contributed by atoms with Gasteiger partial charge in [0.15, 0.2) is 0 Å². The highest BCUT2D eigenvalue weighted by Gasteiger charge is 2.30. The zero-order valence-electron chi connectivity index (χ0n) is 11.2. The Labute approximate surface area is 100 Å². The lowest BCUT2D eigenvalue weighted by Crippen LogP contribution is -2.26. The van der Waals surface area contributed by atoms with Crippen molar-refractivity contribution < 1.29 is 5.11 Å². The quantitative estimate of drug-likeness (QED) is 0.714. The van der Waals surface area contributed by atoms with Gasteiger partial charge in [0.25, 0.3) is 0 Å². The first-order chi connectivity index (χ1) is 7.47. The summed E-state index contributed by atoms with van der Waals surface area (Å²) in [5.74, 6) is 1.05. The van der Waals surface area contributed by atoms with Crippen molar-refractivity contribution in [3.05, 3.63) is 23.8 Å². The second-order valence-electron chi connectivity index (χ2n) is 5.83. The molecule has 1 nitrogen and oxygen atoms in total. The molecular formula is C15H26O. The number of hydrogen-bond donors (Lipinski definition) is 1. The lowest BCUT2D eigenvalue weighted by atomic mass is 9.68.